The molecule has 3 aromatic carbocycles. The molecular weight excluding hydrogens is 500 g/mol. The van der Waals surface area contributed by atoms with Gasteiger partial charge in [-0.3, -0.25) is 9.44 Å². The molecule has 0 radical (unpaired) electrons. The second-order valence-corrected chi connectivity index (χ2v) is 10.9. The Morgan fingerprint density at radius 3 is 1.85 bits per heavy atom. The summed E-state index contributed by atoms with van der Waals surface area (Å²) < 4.78 is 66.9. The van der Waals surface area contributed by atoms with E-state index < -0.39 is 20.0 Å². The molecule has 0 aliphatic heterocycles. The molecule has 0 aliphatic rings. The monoisotopic (exact) mass is 524 g/mol. The van der Waals surface area contributed by atoms with E-state index in [2.05, 4.69) is 9.44 Å². The van der Waals surface area contributed by atoms with Gasteiger partial charge >= 0.3 is 0 Å². The molecule has 0 spiro atoms. The Morgan fingerprint density at radius 1 is 0.706 bits per heavy atom. The quantitative estimate of drug-likeness (QED) is 0.384. The fourth-order valence-corrected chi connectivity index (χ4v) is 5.29. The first kappa shape index (κ1) is 25.7. The van der Waals surface area contributed by atoms with Gasteiger partial charge in [0.25, 0.3) is 20.0 Å². The van der Waals surface area contributed by atoms with Crippen LogP contribution in [0.15, 0.2) is 70.5 Å². The van der Waals surface area contributed by atoms with Crippen LogP contribution >= 0.6 is 11.6 Å². The average Bonchev–Trinajstić information content (AvgIpc) is 2.77. The number of hydrogen-bond acceptors (Lipinski definition) is 6. The van der Waals surface area contributed by atoms with Gasteiger partial charge in [0.1, 0.15) is 0 Å². The SMILES string of the molecule is CCOc1ccc(S(=O)(=O)Nc2ccc(S(=O)(=O)Nc3ccc(C)c(Cl)c3)cc2)cc1OCC. The van der Waals surface area contributed by atoms with E-state index in [1.807, 2.05) is 13.8 Å². The van der Waals surface area contributed by atoms with E-state index in [-0.39, 0.29) is 15.5 Å². The van der Waals surface area contributed by atoms with Gasteiger partial charge in [-0.2, -0.15) is 0 Å². The number of hydrogen-bond donors (Lipinski definition) is 2. The Balaban J connectivity index is 1.79. The van der Waals surface area contributed by atoms with Gasteiger partial charge < -0.3 is 9.47 Å². The molecule has 2 N–H and O–H groups in total. The minimum absolute atomic E-state index is 0.0194. The molecule has 0 amide bonds. The van der Waals surface area contributed by atoms with Crippen molar-refractivity contribution < 1.29 is 26.3 Å². The first-order valence-corrected chi connectivity index (χ1v) is 13.7. The molecule has 34 heavy (non-hydrogen) atoms. The lowest BCUT2D eigenvalue weighted by molar-refractivity contribution is 0.287. The number of benzene rings is 3. The third-order valence-corrected chi connectivity index (χ3v) is 7.85. The summed E-state index contributed by atoms with van der Waals surface area (Å²) in [4.78, 5) is -0.0548. The standard InChI is InChI=1S/C23H25ClN2O6S2/c1-4-31-22-13-12-20(15-23(22)32-5-2)34(29,30)25-17-8-10-19(11-9-17)33(27,28)26-18-7-6-16(3)21(24)14-18/h6-15,25-26H,4-5H2,1-3H3. The van der Waals surface area contributed by atoms with Crippen molar-refractivity contribution in [3.63, 3.8) is 0 Å². The van der Waals surface area contributed by atoms with Crippen LogP contribution in [-0.2, 0) is 20.0 Å². The highest BCUT2D eigenvalue weighted by molar-refractivity contribution is 7.93. The van der Waals surface area contributed by atoms with Gasteiger partial charge in [0.15, 0.2) is 11.5 Å². The van der Waals surface area contributed by atoms with Crippen molar-refractivity contribution in [2.75, 3.05) is 22.7 Å². The second kappa shape index (κ2) is 10.5. The topological polar surface area (TPSA) is 111 Å². The van der Waals surface area contributed by atoms with E-state index in [0.29, 0.717) is 35.4 Å². The highest BCUT2D eigenvalue weighted by Gasteiger charge is 2.19. The first-order chi connectivity index (χ1) is 16.1. The predicted molar refractivity (Wildman–Crippen MR) is 133 cm³/mol. The number of halogens is 1. The minimum atomic E-state index is -3.96. The van der Waals surface area contributed by atoms with E-state index in [1.165, 1.54) is 48.5 Å². The number of anilines is 2. The highest BCUT2D eigenvalue weighted by atomic mass is 35.5. The largest absolute Gasteiger partial charge is 0.490 e. The van der Waals surface area contributed by atoms with Gasteiger partial charge in [-0.1, -0.05) is 17.7 Å². The van der Waals surface area contributed by atoms with E-state index in [1.54, 1.807) is 19.1 Å². The lowest BCUT2D eigenvalue weighted by Crippen LogP contribution is -2.15. The van der Waals surface area contributed by atoms with Gasteiger partial charge in [-0.05, 0) is 74.9 Å². The maximum Gasteiger partial charge on any atom is 0.262 e. The lowest BCUT2D eigenvalue weighted by Gasteiger charge is -2.14. The molecule has 0 saturated carbocycles. The van der Waals surface area contributed by atoms with Crippen LogP contribution in [0.3, 0.4) is 0 Å². The fourth-order valence-electron chi connectivity index (χ4n) is 2.99. The van der Waals surface area contributed by atoms with Crippen molar-refractivity contribution in [2.45, 2.75) is 30.6 Å². The summed E-state index contributed by atoms with van der Waals surface area (Å²) in [5, 5.41) is 0.437. The van der Waals surface area contributed by atoms with Gasteiger partial charge in [0.05, 0.1) is 28.7 Å². The van der Waals surface area contributed by atoms with Gasteiger partial charge in [0.2, 0.25) is 0 Å². The molecule has 0 atom stereocenters. The van der Waals surface area contributed by atoms with Crippen molar-refractivity contribution in [3.8, 4) is 11.5 Å². The molecule has 3 rings (SSSR count). The maximum atomic E-state index is 12.9. The average molecular weight is 525 g/mol. The Hall–Kier alpha value is -2.95. The van der Waals surface area contributed by atoms with E-state index in [4.69, 9.17) is 21.1 Å². The van der Waals surface area contributed by atoms with Crippen molar-refractivity contribution in [1.82, 2.24) is 0 Å². The van der Waals surface area contributed by atoms with Crippen LogP contribution in [0.25, 0.3) is 0 Å². The van der Waals surface area contributed by atoms with Gasteiger partial charge in [0, 0.05) is 16.8 Å². The lowest BCUT2D eigenvalue weighted by atomic mass is 10.2. The molecule has 0 fully saturated rings. The summed E-state index contributed by atoms with van der Waals surface area (Å²) in [7, 11) is -7.85. The summed E-state index contributed by atoms with van der Waals surface area (Å²) >= 11 is 6.06. The van der Waals surface area contributed by atoms with Crippen molar-refractivity contribution >= 4 is 43.0 Å². The van der Waals surface area contributed by atoms with Crippen LogP contribution in [0.2, 0.25) is 5.02 Å². The van der Waals surface area contributed by atoms with Crippen molar-refractivity contribution in [3.05, 3.63) is 71.2 Å². The van der Waals surface area contributed by atoms with Crippen LogP contribution < -0.4 is 18.9 Å². The molecule has 0 aliphatic carbocycles. The zero-order valence-electron chi connectivity index (χ0n) is 18.8. The maximum absolute atomic E-state index is 12.9. The summed E-state index contributed by atoms with van der Waals surface area (Å²) in [6.45, 7) is 6.16. The highest BCUT2D eigenvalue weighted by Crippen LogP contribution is 2.31. The zero-order valence-corrected chi connectivity index (χ0v) is 21.2. The van der Waals surface area contributed by atoms with Crippen LogP contribution in [0.4, 0.5) is 11.4 Å². The number of sulfonamides is 2. The van der Waals surface area contributed by atoms with Gasteiger partial charge in [-0.25, -0.2) is 16.8 Å². The van der Waals surface area contributed by atoms with Crippen LogP contribution in [-0.4, -0.2) is 30.0 Å². The molecule has 0 unspecified atom stereocenters. The molecule has 8 nitrogen and oxygen atoms in total. The normalized spacial score (nSPS) is 11.6. The molecule has 0 aromatic heterocycles. The summed E-state index contributed by atoms with van der Waals surface area (Å²) in [6, 6.07) is 14.5. The van der Waals surface area contributed by atoms with E-state index >= 15 is 0 Å². The first-order valence-electron chi connectivity index (χ1n) is 10.4. The van der Waals surface area contributed by atoms with Crippen LogP contribution in [0.5, 0.6) is 11.5 Å². The third kappa shape index (κ3) is 6.13. The summed E-state index contributed by atoms with van der Waals surface area (Å²) in [5.41, 5.74) is 1.34. The summed E-state index contributed by atoms with van der Waals surface area (Å²) in [6.07, 6.45) is 0. The Labute approximate surface area is 205 Å². The molecule has 0 bridgehead atoms. The minimum Gasteiger partial charge on any atom is -0.490 e. The molecule has 0 saturated heterocycles. The molecular formula is C23H25ClN2O6S2. The van der Waals surface area contributed by atoms with Crippen LogP contribution in [0.1, 0.15) is 19.4 Å². The smallest absolute Gasteiger partial charge is 0.262 e. The molecule has 182 valence electrons. The number of nitrogens with one attached hydrogen (secondary N) is 2. The Morgan fingerprint density at radius 2 is 1.24 bits per heavy atom. The van der Waals surface area contributed by atoms with Gasteiger partial charge in [-0.15, -0.1) is 0 Å². The van der Waals surface area contributed by atoms with Crippen molar-refractivity contribution in [2.24, 2.45) is 0 Å². The fraction of sp³-hybridized carbons (Fsp3) is 0.217. The van der Waals surface area contributed by atoms with Crippen LogP contribution in [0, 0.1) is 6.92 Å². The molecule has 3 aromatic rings. The Bertz CT molecular complexity index is 1380. The van der Waals surface area contributed by atoms with E-state index in [9.17, 15) is 16.8 Å². The van der Waals surface area contributed by atoms with E-state index in [0.717, 1.165) is 5.56 Å². The number of rotatable bonds is 10. The van der Waals surface area contributed by atoms with Crippen molar-refractivity contribution in [1.29, 1.82) is 0 Å². The zero-order chi connectivity index (χ0) is 24.9. The number of aryl methyl sites for hydroxylation is 1. The predicted octanol–water partition coefficient (Wildman–Crippen LogP) is 5.05. The third-order valence-electron chi connectivity index (χ3n) is 4.67. The molecule has 0 heterocycles. The second-order valence-electron chi connectivity index (χ2n) is 7.17. The summed E-state index contributed by atoms with van der Waals surface area (Å²) in [5.74, 6) is 0.760. The Kier molecular flexibility index (Phi) is 7.96. The molecule has 11 heteroatoms. The number of ether oxygens (including phenoxy) is 2.